The normalized spacial score (nSPS) is 11.1. The molecule has 0 saturated carbocycles. The van der Waals surface area contributed by atoms with Crippen molar-refractivity contribution in [1.29, 1.82) is 0 Å². The number of nitrogens with zero attached hydrogens (tertiary/aromatic N) is 1. The average Bonchev–Trinajstić information content (AvgIpc) is 2.69. The standard InChI is InChI=1S/C23H24N2O3S/c1-17-8-12-20(13-9-17)25(29(27,28)21-14-10-18(2)11-15-21)16-23(26)24-22-7-5-4-6-19(22)3/h4-15H,16H2,1-3H3,(H,24,26). The van der Waals surface area contributed by atoms with E-state index in [0.29, 0.717) is 11.4 Å². The minimum Gasteiger partial charge on any atom is -0.324 e. The van der Waals surface area contributed by atoms with Gasteiger partial charge < -0.3 is 5.32 Å². The molecule has 0 aliphatic carbocycles. The highest BCUT2D eigenvalue weighted by Crippen LogP contribution is 2.25. The van der Waals surface area contributed by atoms with Crippen molar-refractivity contribution in [2.45, 2.75) is 25.7 Å². The van der Waals surface area contributed by atoms with Gasteiger partial charge >= 0.3 is 0 Å². The molecule has 6 heteroatoms. The monoisotopic (exact) mass is 408 g/mol. The van der Waals surface area contributed by atoms with E-state index in [2.05, 4.69) is 5.32 Å². The van der Waals surface area contributed by atoms with Crippen LogP contribution >= 0.6 is 0 Å². The molecule has 0 fully saturated rings. The van der Waals surface area contributed by atoms with Gasteiger partial charge in [-0.1, -0.05) is 53.6 Å². The Labute approximate surface area is 172 Å². The summed E-state index contributed by atoms with van der Waals surface area (Å²) in [7, 11) is -3.91. The second kappa shape index (κ2) is 8.49. The van der Waals surface area contributed by atoms with Gasteiger partial charge in [-0.05, 0) is 56.7 Å². The molecule has 3 aromatic rings. The van der Waals surface area contributed by atoms with E-state index in [1.165, 1.54) is 0 Å². The van der Waals surface area contributed by atoms with Crippen molar-refractivity contribution in [2.24, 2.45) is 0 Å². The molecule has 0 saturated heterocycles. The number of hydrogen-bond donors (Lipinski definition) is 1. The van der Waals surface area contributed by atoms with Crippen LogP contribution in [0.1, 0.15) is 16.7 Å². The summed E-state index contributed by atoms with van der Waals surface area (Å²) in [6.45, 7) is 5.38. The molecular formula is C23H24N2O3S. The number of aryl methyl sites for hydroxylation is 3. The van der Waals surface area contributed by atoms with Gasteiger partial charge in [-0.2, -0.15) is 0 Å². The number of carbonyl (C=O) groups is 1. The Hall–Kier alpha value is -3.12. The van der Waals surface area contributed by atoms with Gasteiger partial charge in [-0.3, -0.25) is 9.10 Å². The molecule has 0 aliphatic rings. The number of hydrogen-bond acceptors (Lipinski definition) is 3. The van der Waals surface area contributed by atoms with E-state index in [1.807, 2.05) is 51.1 Å². The predicted octanol–water partition coefficient (Wildman–Crippen LogP) is 4.45. The largest absolute Gasteiger partial charge is 0.324 e. The quantitative estimate of drug-likeness (QED) is 0.655. The van der Waals surface area contributed by atoms with Crippen LogP contribution in [0.5, 0.6) is 0 Å². The van der Waals surface area contributed by atoms with Crippen molar-refractivity contribution in [1.82, 2.24) is 0 Å². The molecule has 0 spiro atoms. The zero-order valence-corrected chi connectivity index (χ0v) is 17.5. The van der Waals surface area contributed by atoms with Crippen LogP contribution in [0.2, 0.25) is 0 Å². The van der Waals surface area contributed by atoms with Crippen molar-refractivity contribution in [3.8, 4) is 0 Å². The molecule has 0 aromatic heterocycles. The van der Waals surface area contributed by atoms with Gasteiger partial charge in [0.25, 0.3) is 10.0 Å². The second-order valence-electron chi connectivity index (χ2n) is 7.02. The first-order valence-electron chi connectivity index (χ1n) is 9.29. The van der Waals surface area contributed by atoms with Gasteiger partial charge in [0.1, 0.15) is 6.54 Å². The summed E-state index contributed by atoms with van der Waals surface area (Å²) in [5.41, 5.74) is 3.98. The maximum absolute atomic E-state index is 13.3. The Balaban J connectivity index is 1.95. The van der Waals surface area contributed by atoms with E-state index in [4.69, 9.17) is 0 Å². The summed E-state index contributed by atoms with van der Waals surface area (Å²) in [5, 5.41) is 2.81. The molecule has 0 radical (unpaired) electrons. The third-order valence-electron chi connectivity index (χ3n) is 4.64. The molecule has 0 bridgehead atoms. The Morgan fingerprint density at radius 1 is 0.828 bits per heavy atom. The lowest BCUT2D eigenvalue weighted by Gasteiger charge is -2.24. The highest BCUT2D eigenvalue weighted by atomic mass is 32.2. The molecule has 0 aliphatic heterocycles. The fourth-order valence-corrected chi connectivity index (χ4v) is 4.32. The average molecular weight is 409 g/mol. The molecule has 0 atom stereocenters. The summed E-state index contributed by atoms with van der Waals surface area (Å²) in [4.78, 5) is 12.9. The van der Waals surface area contributed by atoms with Crippen LogP contribution in [0.3, 0.4) is 0 Å². The molecule has 3 aromatic carbocycles. The van der Waals surface area contributed by atoms with E-state index in [1.54, 1.807) is 42.5 Å². The van der Waals surface area contributed by atoms with Gasteiger partial charge in [-0.25, -0.2) is 8.42 Å². The van der Waals surface area contributed by atoms with E-state index in [9.17, 15) is 13.2 Å². The fourth-order valence-electron chi connectivity index (χ4n) is 2.90. The second-order valence-corrected chi connectivity index (χ2v) is 8.89. The summed E-state index contributed by atoms with van der Waals surface area (Å²) in [6, 6.07) is 21.1. The van der Waals surface area contributed by atoms with Gasteiger partial charge in [-0.15, -0.1) is 0 Å². The van der Waals surface area contributed by atoms with Crippen LogP contribution in [0.25, 0.3) is 0 Å². The number of benzene rings is 3. The molecule has 1 amide bonds. The van der Waals surface area contributed by atoms with Gasteiger partial charge in [0.2, 0.25) is 5.91 Å². The topological polar surface area (TPSA) is 66.5 Å². The summed E-state index contributed by atoms with van der Waals surface area (Å²) in [6.07, 6.45) is 0. The zero-order chi connectivity index (χ0) is 21.0. The smallest absolute Gasteiger partial charge is 0.264 e. The van der Waals surface area contributed by atoms with Crippen LogP contribution < -0.4 is 9.62 Å². The van der Waals surface area contributed by atoms with Gasteiger partial charge in [0.05, 0.1) is 10.6 Å². The number of amides is 1. The van der Waals surface area contributed by atoms with E-state index in [0.717, 1.165) is 21.0 Å². The Kier molecular flexibility index (Phi) is 6.03. The van der Waals surface area contributed by atoms with Crippen molar-refractivity contribution in [2.75, 3.05) is 16.2 Å². The summed E-state index contributed by atoms with van der Waals surface area (Å²) in [5.74, 6) is -0.407. The van der Waals surface area contributed by atoms with Gasteiger partial charge in [0, 0.05) is 5.69 Å². The highest BCUT2D eigenvalue weighted by molar-refractivity contribution is 7.92. The summed E-state index contributed by atoms with van der Waals surface area (Å²) >= 11 is 0. The lowest BCUT2D eigenvalue weighted by Crippen LogP contribution is -2.38. The number of nitrogens with one attached hydrogen (secondary N) is 1. The highest BCUT2D eigenvalue weighted by Gasteiger charge is 2.27. The molecule has 150 valence electrons. The van der Waals surface area contributed by atoms with Gasteiger partial charge in [0.15, 0.2) is 0 Å². The molecular weight excluding hydrogens is 384 g/mol. The fraction of sp³-hybridized carbons (Fsp3) is 0.174. The maximum atomic E-state index is 13.3. The van der Waals surface area contributed by atoms with Crippen LogP contribution in [-0.4, -0.2) is 20.9 Å². The summed E-state index contributed by atoms with van der Waals surface area (Å²) < 4.78 is 27.8. The van der Waals surface area contributed by atoms with Crippen molar-refractivity contribution < 1.29 is 13.2 Å². The number of anilines is 2. The van der Waals surface area contributed by atoms with E-state index >= 15 is 0 Å². The minimum atomic E-state index is -3.91. The minimum absolute atomic E-state index is 0.146. The molecule has 3 rings (SSSR count). The molecule has 5 nitrogen and oxygen atoms in total. The third-order valence-corrected chi connectivity index (χ3v) is 6.43. The van der Waals surface area contributed by atoms with Crippen molar-refractivity contribution in [3.05, 3.63) is 89.5 Å². The van der Waals surface area contributed by atoms with E-state index in [-0.39, 0.29) is 11.4 Å². The van der Waals surface area contributed by atoms with Crippen LogP contribution in [-0.2, 0) is 14.8 Å². The third kappa shape index (κ3) is 4.84. The van der Waals surface area contributed by atoms with Crippen molar-refractivity contribution >= 4 is 27.3 Å². The molecule has 0 heterocycles. The zero-order valence-electron chi connectivity index (χ0n) is 16.7. The number of rotatable bonds is 6. The van der Waals surface area contributed by atoms with Crippen molar-refractivity contribution in [3.63, 3.8) is 0 Å². The number of para-hydroxylation sites is 1. The Morgan fingerprint density at radius 2 is 1.38 bits per heavy atom. The van der Waals surface area contributed by atoms with E-state index < -0.39 is 15.9 Å². The Bertz CT molecular complexity index is 1110. The lowest BCUT2D eigenvalue weighted by molar-refractivity contribution is -0.114. The van der Waals surface area contributed by atoms with Crippen LogP contribution in [0.15, 0.2) is 77.7 Å². The first kappa shape index (κ1) is 20.6. The first-order chi connectivity index (χ1) is 13.8. The van der Waals surface area contributed by atoms with Crippen LogP contribution in [0, 0.1) is 20.8 Å². The lowest BCUT2D eigenvalue weighted by atomic mass is 10.2. The molecule has 29 heavy (non-hydrogen) atoms. The first-order valence-corrected chi connectivity index (χ1v) is 10.7. The van der Waals surface area contributed by atoms with Crippen LogP contribution in [0.4, 0.5) is 11.4 Å². The number of sulfonamides is 1. The molecule has 1 N–H and O–H groups in total. The Morgan fingerprint density at radius 3 is 1.97 bits per heavy atom. The maximum Gasteiger partial charge on any atom is 0.264 e. The SMILES string of the molecule is Cc1ccc(N(CC(=O)Nc2ccccc2C)S(=O)(=O)c2ccc(C)cc2)cc1. The number of carbonyl (C=O) groups excluding carboxylic acids is 1. The molecule has 0 unspecified atom stereocenters. The predicted molar refractivity (Wildman–Crippen MR) is 117 cm³/mol.